The largest absolute Gasteiger partial charge is 0.469 e. The Bertz CT molecular complexity index is 1220. The number of ketones is 1. The Morgan fingerprint density at radius 2 is 1.79 bits per heavy atom. The summed E-state index contributed by atoms with van der Waals surface area (Å²) >= 11 is 0. The summed E-state index contributed by atoms with van der Waals surface area (Å²) in [4.78, 5) is 32.8. The van der Waals surface area contributed by atoms with E-state index in [9.17, 15) is 22.4 Å². The number of allylic oxidation sites excluding steroid dienone is 1. The summed E-state index contributed by atoms with van der Waals surface area (Å²) in [7, 11) is -1.04. The van der Waals surface area contributed by atoms with Crippen LogP contribution in [0.1, 0.15) is 43.9 Å². The van der Waals surface area contributed by atoms with Gasteiger partial charge in [-0.05, 0) is 42.3 Å². The minimum absolute atomic E-state index is 0.0412. The van der Waals surface area contributed by atoms with Crippen LogP contribution >= 0.6 is 0 Å². The number of benzene rings is 1. The Labute approximate surface area is 199 Å². The number of carbonyl (C=O) groups is 2. The maximum atomic E-state index is 13.5. The van der Waals surface area contributed by atoms with Crippen molar-refractivity contribution in [3.63, 3.8) is 0 Å². The minimum atomic E-state index is -3.64. The zero-order valence-corrected chi connectivity index (χ0v) is 20.6. The fraction of sp³-hybridized carbons (Fsp3) is 0.333. The van der Waals surface area contributed by atoms with Crippen molar-refractivity contribution >= 4 is 33.8 Å². The molecule has 0 spiro atoms. The van der Waals surface area contributed by atoms with E-state index in [-0.39, 0.29) is 30.5 Å². The standard InChI is InChI=1S/C24H28FN3O5S/c1-15(2)22-20(12-11-19(29)13-16(3)14-21(30)33-5)23(17-7-9-18(25)10-8-17)27-24(26-22)28(4)34(6,31)32/h7-12,15H,3,13-14H2,1-2,4-6H3/b12-11+. The van der Waals surface area contributed by atoms with Crippen LogP contribution in [0.25, 0.3) is 17.3 Å². The molecule has 34 heavy (non-hydrogen) atoms. The van der Waals surface area contributed by atoms with Crippen molar-refractivity contribution in [2.75, 3.05) is 24.7 Å². The van der Waals surface area contributed by atoms with E-state index in [1.807, 2.05) is 13.8 Å². The van der Waals surface area contributed by atoms with Gasteiger partial charge in [0.25, 0.3) is 0 Å². The van der Waals surface area contributed by atoms with Crippen molar-refractivity contribution in [1.82, 2.24) is 9.97 Å². The molecule has 0 aliphatic carbocycles. The molecule has 0 bridgehead atoms. The molecule has 0 saturated heterocycles. The van der Waals surface area contributed by atoms with Crippen molar-refractivity contribution < 1.29 is 27.1 Å². The van der Waals surface area contributed by atoms with Gasteiger partial charge in [0.05, 0.1) is 31.2 Å². The van der Waals surface area contributed by atoms with E-state index in [2.05, 4.69) is 21.3 Å². The molecule has 1 heterocycles. The summed E-state index contributed by atoms with van der Waals surface area (Å²) in [6.45, 7) is 7.48. The highest BCUT2D eigenvalue weighted by molar-refractivity contribution is 7.92. The van der Waals surface area contributed by atoms with Crippen LogP contribution in [0.3, 0.4) is 0 Å². The summed E-state index contributed by atoms with van der Waals surface area (Å²) < 4.78 is 43.3. The molecule has 10 heteroatoms. The summed E-state index contributed by atoms with van der Waals surface area (Å²) in [5.41, 5.74) is 2.29. The maximum absolute atomic E-state index is 13.5. The van der Waals surface area contributed by atoms with Gasteiger partial charge in [0.15, 0.2) is 5.78 Å². The lowest BCUT2D eigenvalue weighted by Crippen LogP contribution is -2.27. The van der Waals surface area contributed by atoms with Gasteiger partial charge in [-0.3, -0.25) is 9.59 Å². The number of nitrogens with zero attached hydrogens (tertiary/aromatic N) is 3. The monoisotopic (exact) mass is 489 g/mol. The number of hydrogen-bond acceptors (Lipinski definition) is 7. The topological polar surface area (TPSA) is 107 Å². The first-order valence-corrected chi connectivity index (χ1v) is 12.2. The van der Waals surface area contributed by atoms with Crippen LogP contribution in [0.5, 0.6) is 0 Å². The van der Waals surface area contributed by atoms with E-state index < -0.39 is 21.8 Å². The smallest absolute Gasteiger partial charge is 0.309 e. The van der Waals surface area contributed by atoms with Crippen LogP contribution < -0.4 is 4.31 Å². The lowest BCUT2D eigenvalue weighted by molar-refractivity contribution is -0.139. The van der Waals surface area contributed by atoms with Crippen molar-refractivity contribution in [1.29, 1.82) is 0 Å². The SMILES string of the molecule is C=C(CC(=O)/C=C/c1c(-c2ccc(F)cc2)nc(N(C)S(C)(=O)=O)nc1C(C)C)CC(=O)OC. The molecule has 8 nitrogen and oxygen atoms in total. The minimum Gasteiger partial charge on any atom is -0.469 e. The lowest BCUT2D eigenvalue weighted by atomic mass is 9.97. The predicted octanol–water partition coefficient (Wildman–Crippen LogP) is 3.89. The van der Waals surface area contributed by atoms with E-state index in [0.717, 1.165) is 10.6 Å². The molecule has 0 radical (unpaired) electrons. The van der Waals surface area contributed by atoms with Crippen LogP contribution in [-0.2, 0) is 24.3 Å². The first-order chi connectivity index (χ1) is 15.8. The first-order valence-electron chi connectivity index (χ1n) is 10.4. The highest BCUT2D eigenvalue weighted by Crippen LogP contribution is 2.31. The van der Waals surface area contributed by atoms with Gasteiger partial charge in [-0.15, -0.1) is 0 Å². The molecule has 0 atom stereocenters. The first kappa shape index (κ1) is 26.8. The van der Waals surface area contributed by atoms with Crippen LogP contribution in [0.2, 0.25) is 0 Å². The molecule has 0 N–H and O–H groups in total. The highest BCUT2D eigenvalue weighted by atomic mass is 32.2. The molecule has 0 amide bonds. The zero-order valence-electron chi connectivity index (χ0n) is 19.8. The number of halogens is 1. The normalized spacial score (nSPS) is 11.6. The molecule has 2 aromatic rings. The molecular weight excluding hydrogens is 461 g/mol. The van der Waals surface area contributed by atoms with E-state index in [1.54, 1.807) is 6.08 Å². The number of carbonyl (C=O) groups excluding carboxylic acids is 2. The van der Waals surface area contributed by atoms with Crippen LogP contribution in [-0.4, -0.2) is 50.6 Å². The Kier molecular flexibility index (Phi) is 8.80. The molecule has 0 aliphatic heterocycles. The van der Waals surface area contributed by atoms with Crippen LogP contribution in [0, 0.1) is 5.82 Å². The quantitative estimate of drug-likeness (QED) is 0.283. The second-order valence-corrected chi connectivity index (χ2v) is 10.1. The van der Waals surface area contributed by atoms with E-state index in [0.29, 0.717) is 28.1 Å². The van der Waals surface area contributed by atoms with E-state index >= 15 is 0 Å². The maximum Gasteiger partial charge on any atom is 0.309 e. The summed E-state index contributed by atoms with van der Waals surface area (Å²) in [5, 5.41) is 0. The number of rotatable bonds is 10. The number of methoxy groups -OCH3 is 1. The van der Waals surface area contributed by atoms with Gasteiger partial charge >= 0.3 is 5.97 Å². The molecule has 2 rings (SSSR count). The van der Waals surface area contributed by atoms with Crippen molar-refractivity contribution in [2.45, 2.75) is 32.6 Å². The predicted molar refractivity (Wildman–Crippen MR) is 129 cm³/mol. The summed E-state index contributed by atoms with van der Waals surface area (Å²) in [6.07, 6.45) is 3.80. The van der Waals surface area contributed by atoms with Crippen LogP contribution in [0.15, 0.2) is 42.5 Å². The Hall–Kier alpha value is -3.40. The number of hydrogen-bond donors (Lipinski definition) is 0. The van der Waals surface area contributed by atoms with E-state index in [1.165, 1.54) is 44.5 Å². The number of anilines is 1. The zero-order chi connectivity index (χ0) is 25.6. The fourth-order valence-electron chi connectivity index (χ4n) is 3.02. The molecule has 0 unspecified atom stereocenters. The van der Waals surface area contributed by atoms with Gasteiger partial charge in [-0.1, -0.05) is 26.0 Å². The Morgan fingerprint density at radius 1 is 1.18 bits per heavy atom. The average Bonchev–Trinajstić information content (AvgIpc) is 2.76. The third-order valence-electron chi connectivity index (χ3n) is 4.89. The van der Waals surface area contributed by atoms with Gasteiger partial charge in [0, 0.05) is 24.6 Å². The Balaban J connectivity index is 2.59. The van der Waals surface area contributed by atoms with Gasteiger partial charge < -0.3 is 4.74 Å². The highest BCUT2D eigenvalue weighted by Gasteiger charge is 2.22. The third kappa shape index (κ3) is 7.05. The van der Waals surface area contributed by atoms with Crippen molar-refractivity contribution in [3.8, 4) is 11.3 Å². The van der Waals surface area contributed by atoms with Gasteiger partial charge in [0.2, 0.25) is 16.0 Å². The lowest BCUT2D eigenvalue weighted by Gasteiger charge is -2.20. The molecule has 0 saturated carbocycles. The average molecular weight is 490 g/mol. The molecular formula is C24H28FN3O5S. The Morgan fingerprint density at radius 3 is 2.32 bits per heavy atom. The van der Waals surface area contributed by atoms with Crippen LogP contribution in [0.4, 0.5) is 10.3 Å². The van der Waals surface area contributed by atoms with Gasteiger partial charge in [0.1, 0.15) is 5.82 Å². The van der Waals surface area contributed by atoms with Gasteiger partial charge in [-0.2, -0.15) is 0 Å². The molecule has 182 valence electrons. The molecule has 1 aromatic carbocycles. The molecule has 0 aliphatic rings. The summed E-state index contributed by atoms with van der Waals surface area (Å²) in [6, 6.07) is 5.57. The number of sulfonamides is 1. The second kappa shape index (κ2) is 11.1. The third-order valence-corrected chi connectivity index (χ3v) is 6.05. The van der Waals surface area contributed by atoms with Gasteiger partial charge in [-0.25, -0.2) is 27.1 Å². The fourth-order valence-corrected chi connectivity index (χ4v) is 3.39. The number of aromatic nitrogens is 2. The number of ether oxygens (including phenoxy) is 1. The van der Waals surface area contributed by atoms with E-state index in [4.69, 9.17) is 0 Å². The number of esters is 1. The second-order valence-electron chi connectivity index (χ2n) is 8.04. The summed E-state index contributed by atoms with van der Waals surface area (Å²) in [5.74, 6) is -1.42. The van der Waals surface area contributed by atoms with Crippen molar-refractivity contribution in [3.05, 3.63) is 59.6 Å². The molecule has 1 aromatic heterocycles. The van der Waals surface area contributed by atoms with Crippen molar-refractivity contribution in [2.24, 2.45) is 0 Å². The molecule has 0 fully saturated rings.